The van der Waals surface area contributed by atoms with E-state index in [0.29, 0.717) is 10.1 Å². The van der Waals surface area contributed by atoms with E-state index in [9.17, 15) is 8.78 Å². The van der Waals surface area contributed by atoms with Crippen LogP contribution < -0.4 is 4.74 Å². The maximum atomic E-state index is 12.0. The highest BCUT2D eigenvalue weighted by Gasteiger charge is 2.09. The summed E-state index contributed by atoms with van der Waals surface area (Å²) in [5.41, 5.74) is 0.559. The maximum absolute atomic E-state index is 12.0. The van der Waals surface area contributed by atoms with Crippen LogP contribution in [0.2, 0.25) is 0 Å². The van der Waals surface area contributed by atoms with Gasteiger partial charge in [0.1, 0.15) is 11.4 Å². The van der Waals surface area contributed by atoms with E-state index >= 15 is 0 Å². The average molecular weight is 263 g/mol. The Kier molecular flexibility index (Phi) is 2.37. The molecule has 0 fully saturated rings. The zero-order chi connectivity index (χ0) is 10.1. The summed E-state index contributed by atoms with van der Waals surface area (Å²) >= 11 is 3.12. The monoisotopic (exact) mass is 262 g/mol. The Morgan fingerprint density at radius 1 is 1.50 bits per heavy atom. The smallest absolute Gasteiger partial charge is 0.387 e. The fraction of sp³-hybridized carbons (Fsp3) is 0.125. The van der Waals surface area contributed by atoms with Crippen molar-refractivity contribution < 1.29 is 13.5 Å². The van der Waals surface area contributed by atoms with Gasteiger partial charge in [0.15, 0.2) is 0 Å². The van der Waals surface area contributed by atoms with Crippen LogP contribution in [0.4, 0.5) is 8.78 Å². The second-order valence-electron chi connectivity index (χ2n) is 2.56. The minimum Gasteiger partial charge on any atom is -0.433 e. The Morgan fingerprint density at radius 2 is 2.29 bits per heavy atom. The van der Waals surface area contributed by atoms with E-state index in [1.165, 1.54) is 6.07 Å². The van der Waals surface area contributed by atoms with Crippen molar-refractivity contribution in [2.75, 3.05) is 0 Å². The molecule has 0 unspecified atom stereocenters. The molecule has 0 bridgehead atoms. The summed E-state index contributed by atoms with van der Waals surface area (Å²) in [7, 11) is 0. The standard InChI is InChI=1S/C8H5BrF2N2O/c9-5-4-13-2-1-12-7(13)3-6(5)14-8(10)11/h1-4,8H. The first-order chi connectivity index (χ1) is 6.66. The molecule has 2 rings (SSSR count). The second kappa shape index (κ2) is 3.53. The van der Waals surface area contributed by atoms with E-state index in [0.717, 1.165) is 0 Å². The fourth-order valence-electron chi connectivity index (χ4n) is 1.10. The summed E-state index contributed by atoms with van der Waals surface area (Å²) in [5, 5.41) is 0. The van der Waals surface area contributed by atoms with Gasteiger partial charge in [0.2, 0.25) is 0 Å². The van der Waals surface area contributed by atoms with Gasteiger partial charge in [-0.25, -0.2) is 4.98 Å². The molecule has 0 aliphatic rings. The highest BCUT2D eigenvalue weighted by Crippen LogP contribution is 2.27. The van der Waals surface area contributed by atoms with Gasteiger partial charge in [-0.3, -0.25) is 0 Å². The van der Waals surface area contributed by atoms with Gasteiger partial charge >= 0.3 is 6.61 Å². The van der Waals surface area contributed by atoms with Crippen molar-refractivity contribution in [1.29, 1.82) is 0 Å². The number of halogens is 3. The van der Waals surface area contributed by atoms with E-state index in [2.05, 4.69) is 25.7 Å². The topological polar surface area (TPSA) is 26.5 Å². The van der Waals surface area contributed by atoms with Gasteiger partial charge < -0.3 is 9.14 Å². The Bertz CT molecular complexity index is 458. The van der Waals surface area contributed by atoms with Crippen molar-refractivity contribution in [2.24, 2.45) is 0 Å². The molecule has 14 heavy (non-hydrogen) atoms. The molecule has 0 aliphatic heterocycles. The molecular weight excluding hydrogens is 258 g/mol. The summed E-state index contributed by atoms with van der Waals surface area (Å²) in [6.07, 6.45) is 4.90. The number of imidazole rings is 1. The van der Waals surface area contributed by atoms with Crippen molar-refractivity contribution in [3.05, 3.63) is 29.1 Å². The predicted octanol–water partition coefficient (Wildman–Crippen LogP) is 2.70. The second-order valence-corrected chi connectivity index (χ2v) is 3.41. The Balaban J connectivity index is 2.48. The lowest BCUT2D eigenvalue weighted by Crippen LogP contribution is -2.03. The first-order valence-electron chi connectivity index (χ1n) is 3.74. The van der Waals surface area contributed by atoms with Crippen molar-refractivity contribution in [1.82, 2.24) is 9.38 Å². The first-order valence-corrected chi connectivity index (χ1v) is 4.53. The Morgan fingerprint density at radius 3 is 3.00 bits per heavy atom. The third kappa shape index (κ3) is 1.70. The number of alkyl halides is 2. The molecule has 0 saturated heterocycles. The summed E-state index contributed by atoms with van der Waals surface area (Å²) in [6.45, 7) is -2.83. The molecule has 0 aliphatic carbocycles. The lowest BCUT2D eigenvalue weighted by molar-refractivity contribution is -0.0503. The molecule has 0 radical (unpaired) electrons. The van der Waals surface area contributed by atoms with Crippen LogP contribution in [-0.4, -0.2) is 16.0 Å². The van der Waals surface area contributed by atoms with Crippen molar-refractivity contribution in [2.45, 2.75) is 6.61 Å². The maximum Gasteiger partial charge on any atom is 0.387 e. The van der Waals surface area contributed by atoms with Crippen LogP contribution in [0, 0.1) is 0 Å². The zero-order valence-corrected chi connectivity index (χ0v) is 8.41. The van der Waals surface area contributed by atoms with Gasteiger partial charge in [0, 0.05) is 24.7 Å². The third-order valence-electron chi connectivity index (χ3n) is 1.66. The minimum absolute atomic E-state index is 0.0821. The van der Waals surface area contributed by atoms with Gasteiger partial charge in [-0.2, -0.15) is 8.78 Å². The van der Waals surface area contributed by atoms with Gasteiger partial charge in [0.25, 0.3) is 0 Å². The van der Waals surface area contributed by atoms with Crippen LogP contribution in [-0.2, 0) is 0 Å². The lowest BCUT2D eigenvalue weighted by atomic mass is 10.4. The molecule has 0 atom stereocenters. The van der Waals surface area contributed by atoms with Crippen molar-refractivity contribution >= 4 is 21.6 Å². The number of rotatable bonds is 2. The van der Waals surface area contributed by atoms with Gasteiger partial charge in [0.05, 0.1) is 4.47 Å². The molecule has 6 heteroatoms. The summed E-state index contributed by atoms with van der Waals surface area (Å²) in [5.74, 6) is 0.0821. The lowest BCUT2D eigenvalue weighted by Gasteiger charge is -2.06. The zero-order valence-electron chi connectivity index (χ0n) is 6.82. The summed E-state index contributed by atoms with van der Waals surface area (Å²) in [6, 6.07) is 1.44. The number of fused-ring (bicyclic) bond motifs is 1. The molecular formula is C8H5BrF2N2O. The number of nitrogens with zero attached hydrogens (tertiary/aromatic N) is 2. The van der Waals surface area contributed by atoms with Crippen molar-refractivity contribution in [3.8, 4) is 5.75 Å². The Labute approximate surface area is 86.4 Å². The van der Waals surface area contributed by atoms with Crippen LogP contribution >= 0.6 is 15.9 Å². The third-order valence-corrected chi connectivity index (χ3v) is 2.26. The quantitative estimate of drug-likeness (QED) is 0.832. The molecule has 74 valence electrons. The van der Waals surface area contributed by atoms with Crippen LogP contribution in [0.15, 0.2) is 29.1 Å². The largest absolute Gasteiger partial charge is 0.433 e. The van der Waals surface area contributed by atoms with Gasteiger partial charge in [-0.05, 0) is 15.9 Å². The SMILES string of the molecule is FC(F)Oc1cc2nccn2cc1Br. The average Bonchev–Trinajstić information content (AvgIpc) is 2.51. The molecule has 3 nitrogen and oxygen atoms in total. The number of hydrogen-bond donors (Lipinski definition) is 0. The van der Waals surface area contributed by atoms with E-state index in [1.807, 2.05) is 0 Å². The molecule has 0 spiro atoms. The van der Waals surface area contributed by atoms with Gasteiger partial charge in [-0.1, -0.05) is 0 Å². The van der Waals surface area contributed by atoms with Crippen molar-refractivity contribution in [3.63, 3.8) is 0 Å². The number of ether oxygens (including phenoxy) is 1. The van der Waals surface area contributed by atoms with Gasteiger partial charge in [-0.15, -0.1) is 0 Å². The number of aromatic nitrogens is 2. The van der Waals surface area contributed by atoms with E-state index < -0.39 is 6.61 Å². The summed E-state index contributed by atoms with van der Waals surface area (Å²) in [4.78, 5) is 3.94. The van der Waals surface area contributed by atoms with Crippen LogP contribution in [0.25, 0.3) is 5.65 Å². The first kappa shape index (κ1) is 9.39. The van der Waals surface area contributed by atoms with E-state index in [4.69, 9.17) is 0 Å². The molecule has 2 heterocycles. The fourth-order valence-corrected chi connectivity index (χ4v) is 1.53. The highest BCUT2D eigenvalue weighted by molar-refractivity contribution is 9.10. The normalized spacial score (nSPS) is 11.1. The molecule has 0 amide bonds. The predicted molar refractivity (Wildman–Crippen MR) is 49.5 cm³/mol. The van der Waals surface area contributed by atoms with Crippen LogP contribution in [0.3, 0.4) is 0 Å². The highest BCUT2D eigenvalue weighted by atomic mass is 79.9. The van der Waals surface area contributed by atoms with Crippen LogP contribution in [0.5, 0.6) is 5.75 Å². The van der Waals surface area contributed by atoms with E-state index in [-0.39, 0.29) is 5.75 Å². The minimum atomic E-state index is -2.83. The molecule has 0 N–H and O–H groups in total. The number of hydrogen-bond acceptors (Lipinski definition) is 2. The molecule has 2 aromatic heterocycles. The molecule has 0 saturated carbocycles. The summed E-state index contributed by atoms with van der Waals surface area (Å²) < 4.78 is 30.4. The Hall–Kier alpha value is -1.17. The number of pyridine rings is 1. The van der Waals surface area contributed by atoms with E-state index in [1.54, 1.807) is 23.0 Å². The molecule has 2 aromatic rings. The van der Waals surface area contributed by atoms with Crippen LogP contribution in [0.1, 0.15) is 0 Å². The molecule has 0 aromatic carbocycles.